The van der Waals surface area contributed by atoms with Gasteiger partial charge in [0.2, 0.25) is 0 Å². The van der Waals surface area contributed by atoms with Gasteiger partial charge in [-0.2, -0.15) is 0 Å². The van der Waals surface area contributed by atoms with E-state index in [2.05, 4.69) is 31.7 Å². The van der Waals surface area contributed by atoms with Crippen LogP contribution in [0.2, 0.25) is 0 Å². The molecule has 1 rings (SSSR count). The Morgan fingerprint density at radius 3 is 2.17 bits per heavy atom. The largest absolute Gasteiger partial charge is 0.103 e. The topological polar surface area (TPSA) is 0 Å². The van der Waals surface area contributed by atoms with Crippen molar-refractivity contribution in [3.05, 3.63) is 24.8 Å². The molecule has 0 nitrogen and oxygen atoms in total. The van der Waals surface area contributed by atoms with Crippen molar-refractivity contribution in [3.63, 3.8) is 0 Å². The van der Waals surface area contributed by atoms with E-state index in [1.165, 1.54) is 70.6 Å². The van der Waals surface area contributed by atoms with Crippen LogP contribution in [0.1, 0.15) is 77.6 Å². The molecule has 1 saturated carbocycles. The van der Waals surface area contributed by atoms with Crippen molar-refractivity contribution in [1.82, 2.24) is 0 Å². The van der Waals surface area contributed by atoms with E-state index in [0.29, 0.717) is 0 Å². The van der Waals surface area contributed by atoms with E-state index in [-0.39, 0.29) is 0 Å². The summed E-state index contributed by atoms with van der Waals surface area (Å²) in [6, 6.07) is 0. The second kappa shape index (κ2) is 10.4. The van der Waals surface area contributed by atoms with Crippen LogP contribution in [0, 0.1) is 11.8 Å². The number of hydrogen-bond donors (Lipinski definition) is 0. The van der Waals surface area contributed by atoms with Crippen LogP contribution in [-0.4, -0.2) is 0 Å². The smallest absolute Gasteiger partial charge is 0.0233 e. The number of hydrogen-bond acceptors (Lipinski definition) is 0. The molecule has 104 valence electrons. The molecular formula is C18H32. The van der Waals surface area contributed by atoms with Gasteiger partial charge in [-0.1, -0.05) is 57.3 Å². The van der Waals surface area contributed by atoms with Crippen molar-refractivity contribution in [1.29, 1.82) is 0 Å². The lowest BCUT2D eigenvalue weighted by Gasteiger charge is -2.24. The molecule has 0 N–H and O–H groups in total. The SMILES string of the molecule is C=CC1CCC(C=CCCCCCCCC)CC1. The van der Waals surface area contributed by atoms with Gasteiger partial charge < -0.3 is 0 Å². The van der Waals surface area contributed by atoms with Crippen molar-refractivity contribution < 1.29 is 0 Å². The summed E-state index contributed by atoms with van der Waals surface area (Å²) >= 11 is 0. The molecular weight excluding hydrogens is 216 g/mol. The predicted molar refractivity (Wildman–Crippen MR) is 82.8 cm³/mol. The molecule has 1 aliphatic rings. The second-order valence-corrected chi connectivity index (χ2v) is 5.90. The highest BCUT2D eigenvalue weighted by Crippen LogP contribution is 2.30. The minimum Gasteiger partial charge on any atom is -0.103 e. The minimum absolute atomic E-state index is 0.799. The van der Waals surface area contributed by atoms with Crippen LogP contribution in [0.25, 0.3) is 0 Å². The highest BCUT2D eigenvalue weighted by atomic mass is 14.2. The molecule has 0 aromatic heterocycles. The summed E-state index contributed by atoms with van der Waals surface area (Å²) in [6.45, 7) is 6.19. The predicted octanol–water partition coefficient (Wildman–Crippen LogP) is 6.29. The summed E-state index contributed by atoms with van der Waals surface area (Å²) in [6.07, 6.45) is 22.3. The molecule has 0 heterocycles. The Balaban J connectivity index is 1.95. The lowest BCUT2D eigenvalue weighted by atomic mass is 9.82. The molecule has 0 unspecified atom stereocenters. The van der Waals surface area contributed by atoms with Gasteiger partial charge in [0, 0.05) is 0 Å². The van der Waals surface area contributed by atoms with Gasteiger partial charge in [0.05, 0.1) is 0 Å². The van der Waals surface area contributed by atoms with Crippen molar-refractivity contribution in [2.24, 2.45) is 11.8 Å². The summed E-state index contributed by atoms with van der Waals surface area (Å²) in [4.78, 5) is 0. The zero-order valence-electron chi connectivity index (χ0n) is 12.4. The van der Waals surface area contributed by atoms with Crippen LogP contribution >= 0.6 is 0 Å². The Bertz CT molecular complexity index is 218. The van der Waals surface area contributed by atoms with Gasteiger partial charge >= 0.3 is 0 Å². The minimum atomic E-state index is 0.799. The molecule has 0 saturated heterocycles. The van der Waals surface area contributed by atoms with E-state index >= 15 is 0 Å². The maximum atomic E-state index is 3.91. The third-order valence-corrected chi connectivity index (χ3v) is 4.28. The van der Waals surface area contributed by atoms with Crippen LogP contribution in [-0.2, 0) is 0 Å². The Labute approximate surface area is 115 Å². The first kappa shape index (κ1) is 15.5. The van der Waals surface area contributed by atoms with Crippen LogP contribution < -0.4 is 0 Å². The quantitative estimate of drug-likeness (QED) is 0.332. The lowest BCUT2D eigenvalue weighted by molar-refractivity contribution is 0.356. The molecule has 1 aliphatic carbocycles. The summed E-state index contributed by atoms with van der Waals surface area (Å²) in [7, 11) is 0. The molecule has 0 aromatic rings. The molecule has 18 heavy (non-hydrogen) atoms. The maximum Gasteiger partial charge on any atom is -0.0233 e. The molecule has 0 spiro atoms. The van der Waals surface area contributed by atoms with Gasteiger partial charge in [0.25, 0.3) is 0 Å². The third kappa shape index (κ3) is 7.03. The summed E-state index contributed by atoms with van der Waals surface area (Å²) < 4.78 is 0. The molecule has 0 aliphatic heterocycles. The third-order valence-electron chi connectivity index (χ3n) is 4.28. The average Bonchev–Trinajstić information content (AvgIpc) is 2.42. The van der Waals surface area contributed by atoms with Crippen LogP contribution in [0.5, 0.6) is 0 Å². The van der Waals surface area contributed by atoms with E-state index in [0.717, 1.165) is 11.8 Å². The van der Waals surface area contributed by atoms with Gasteiger partial charge in [-0.05, 0) is 50.4 Å². The summed E-state index contributed by atoms with van der Waals surface area (Å²) in [5, 5.41) is 0. The first-order valence-electron chi connectivity index (χ1n) is 8.16. The van der Waals surface area contributed by atoms with Crippen molar-refractivity contribution in [2.75, 3.05) is 0 Å². The average molecular weight is 248 g/mol. The van der Waals surface area contributed by atoms with E-state index in [4.69, 9.17) is 0 Å². The monoisotopic (exact) mass is 248 g/mol. The van der Waals surface area contributed by atoms with Gasteiger partial charge in [-0.15, -0.1) is 6.58 Å². The first-order valence-corrected chi connectivity index (χ1v) is 8.16. The van der Waals surface area contributed by atoms with Crippen molar-refractivity contribution in [2.45, 2.75) is 77.6 Å². The van der Waals surface area contributed by atoms with Crippen LogP contribution in [0.15, 0.2) is 24.8 Å². The zero-order valence-corrected chi connectivity index (χ0v) is 12.4. The van der Waals surface area contributed by atoms with Crippen LogP contribution in [0.4, 0.5) is 0 Å². The van der Waals surface area contributed by atoms with E-state index in [9.17, 15) is 0 Å². The molecule has 0 radical (unpaired) electrons. The second-order valence-electron chi connectivity index (χ2n) is 5.90. The summed E-state index contributed by atoms with van der Waals surface area (Å²) in [5.41, 5.74) is 0. The Morgan fingerprint density at radius 1 is 0.889 bits per heavy atom. The van der Waals surface area contributed by atoms with Crippen LogP contribution in [0.3, 0.4) is 0 Å². The Kier molecular flexibility index (Phi) is 8.98. The standard InChI is InChI=1S/C18H32/c1-3-5-6-7-8-9-10-11-12-18-15-13-17(4-2)14-16-18/h4,11-12,17-18H,2-3,5-10,13-16H2,1H3. The van der Waals surface area contributed by atoms with Crippen molar-refractivity contribution in [3.8, 4) is 0 Å². The maximum absolute atomic E-state index is 3.91. The van der Waals surface area contributed by atoms with E-state index < -0.39 is 0 Å². The number of rotatable bonds is 9. The summed E-state index contributed by atoms with van der Waals surface area (Å²) in [5.74, 6) is 1.66. The molecule has 0 atom stereocenters. The number of allylic oxidation sites excluding steroid dienone is 3. The molecule has 0 amide bonds. The molecule has 0 bridgehead atoms. The highest BCUT2D eigenvalue weighted by Gasteiger charge is 2.16. The first-order chi connectivity index (χ1) is 8.86. The van der Waals surface area contributed by atoms with Gasteiger partial charge in [0.1, 0.15) is 0 Å². The normalized spacial score (nSPS) is 24.5. The van der Waals surface area contributed by atoms with Gasteiger partial charge in [0.15, 0.2) is 0 Å². The van der Waals surface area contributed by atoms with Crippen molar-refractivity contribution >= 4 is 0 Å². The fraction of sp³-hybridized carbons (Fsp3) is 0.778. The Morgan fingerprint density at radius 2 is 1.50 bits per heavy atom. The molecule has 0 aromatic carbocycles. The lowest BCUT2D eigenvalue weighted by Crippen LogP contribution is -2.10. The van der Waals surface area contributed by atoms with Gasteiger partial charge in [-0.25, -0.2) is 0 Å². The molecule has 1 fully saturated rings. The fourth-order valence-corrected chi connectivity index (χ4v) is 2.90. The Hall–Kier alpha value is -0.520. The van der Waals surface area contributed by atoms with Gasteiger partial charge in [-0.3, -0.25) is 0 Å². The zero-order chi connectivity index (χ0) is 13.1. The highest BCUT2D eigenvalue weighted by molar-refractivity contribution is 4.93. The molecule has 0 heteroatoms. The fourth-order valence-electron chi connectivity index (χ4n) is 2.90. The van der Waals surface area contributed by atoms with E-state index in [1.807, 2.05) is 0 Å². The van der Waals surface area contributed by atoms with E-state index in [1.54, 1.807) is 0 Å². The number of unbranched alkanes of at least 4 members (excludes halogenated alkanes) is 6.